The van der Waals surface area contributed by atoms with Crippen LogP contribution >= 0.6 is 0 Å². The van der Waals surface area contributed by atoms with Crippen LogP contribution in [0.1, 0.15) is 26.2 Å². The van der Waals surface area contributed by atoms with Gasteiger partial charge in [0, 0.05) is 26.7 Å². The van der Waals surface area contributed by atoms with Crippen molar-refractivity contribution in [1.82, 2.24) is 15.3 Å². The van der Waals surface area contributed by atoms with Crippen LogP contribution in [0.4, 0.5) is 4.79 Å². The number of rotatable bonds is 4. The summed E-state index contributed by atoms with van der Waals surface area (Å²) in [5, 5.41) is 10.7. The Morgan fingerprint density at radius 3 is 2.47 bits per heavy atom. The Bertz CT molecular complexity index is 277. The molecule has 17 heavy (non-hydrogen) atoms. The first kappa shape index (κ1) is 13.8. The van der Waals surface area contributed by atoms with Gasteiger partial charge >= 0.3 is 12.0 Å². The fourth-order valence-electron chi connectivity index (χ4n) is 1.80. The molecule has 1 fully saturated rings. The first-order valence-electron chi connectivity index (χ1n) is 6.00. The Kier molecular flexibility index (Phi) is 5.21. The van der Waals surface area contributed by atoms with Gasteiger partial charge in [-0.15, -0.1) is 0 Å². The number of nitrogens with zero attached hydrogens (tertiary/aromatic N) is 2. The van der Waals surface area contributed by atoms with Gasteiger partial charge in [-0.2, -0.15) is 0 Å². The predicted octanol–water partition coefficient (Wildman–Crippen LogP) is 0.749. The molecule has 0 aromatic rings. The molecule has 1 atom stereocenters. The van der Waals surface area contributed by atoms with E-state index in [2.05, 4.69) is 5.43 Å². The van der Waals surface area contributed by atoms with Gasteiger partial charge in [0.1, 0.15) is 0 Å². The molecule has 1 rings (SSSR count). The van der Waals surface area contributed by atoms with E-state index in [0.717, 1.165) is 25.9 Å². The quantitative estimate of drug-likeness (QED) is 0.764. The number of aliphatic carboxylic acids is 1. The third kappa shape index (κ3) is 4.60. The lowest BCUT2D eigenvalue weighted by Crippen LogP contribution is -2.50. The highest BCUT2D eigenvalue weighted by Gasteiger charge is 2.19. The van der Waals surface area contributed by atoms with Crippen LogP contribution in [0.2, 0.25) is 0 Å². The molecule has 0 aromatic heterocycles. The molecular formula is C11H21N3O3. The second kappa shape index (κ2) is 6.44. The Morgan fingerprint density at radius 2 is 1.94 bits per heavy atom. The number of hydrogen-bond acceptors (Lipinski definition) is 3. The zero-order chi connectivity index (χ0) is 12.8. The Balaban J connectivity index is 2.33. The zero-order valence-corrected chi connectivity index (χ0v) is 10.5. The Morgan fingerprint density at radius 1 is 1.35 bits per heavy atom. The van der Waals surface area contributed by atoms with Gasteiger partial charge in [0.25, 0.3) is 0 Å². The van der Waals surface area contributed by atoms with Crippen LogP contribution in [0.3, 0.4) is 0 Å². The molecule has 2 N–H and O–H groups in total. The molecule has 1 aliphatic heterocycles. The SMILES string of the molecule is CC(CN(C)C(=O)NN1CCCCC1)C(=O)O. The lowest BCUT2D eigenvalue weighted by molar-refractivity contribution is -0.141. The van der Waals surface area contributed by atoms with E-state index >= 15 is 0 Å². The highest BCUT2D eigenvalue weighted by Crippen LogP contribution is 2.06. The number of hydrogen-bond donors (Lipinski definition) is 2. The number of carboxylic acids is 1. The van der Waals surface area contributed by atoms with Crippen molar-refractivity contribution >= 4 is 12.0 Å². The molecule has 1 heterocycles. The smallest absolute Gasteiger partial charge is 0.331 e. The van der Waals surface area contributed by atoms with Gasteiger partial charge in [-0.25, -0.2) is 9.80 Å². The number of carbonyl (C=O) groups excluding carboxylic acids is 1. The normalized spacial score (nSPS) is 18.5. The molecule has 1 saturated heterocycles. The maximum absolute atomic E-state index is 11.7. The largest absolute Gasteiger partial charge is 0.481 e. The van der Waals surface area contributed by atoms with Crippen LogP contribution in [-0.2, 0) is 4.79 Å². The van der Waals surface area contributed by atoms with Crippen molar-refractivity contribution < 1.29 is 14.7 Å². The second-order valence-corrected chi connectivity index (χ2v) is 4.58. The number of piperidine rings is 1. The summed E-state index contributed by atoms with van der Waals surface area (Å²) in [6.07, 6.45) is 3.39. The van der Waals surface area contributed by atoms with Gasteiger partial charge in [-0.05, 0) is 12.8 Å². The minimum Gasteiger partial charge on any atom is -0.481 e. The van der Waals surface area contributed by atoms with Crippen LogP contribution in [0.15, 0.2) is 0 Å². The number of carboxylic acid groups (broad SMARTS) is 1. The fraction of sp³-hybridized carbons (Fsp3) is 0.818. The van der Waals surface area contributed by atoms with Crippen molar-refractivity contribution in [3.05, 3.63) is 0 Å². The fourth-order valence-corrected chi connectivity index (χ4v) is 1.80. The van der Waals surface area contributed by atoms with Crippen LogP contribution in [0.25, 0.3) is 0 Å². The molecular weight excluding hydrogens is 222 g/mol. The minimum absolute atomic E-state index is 0.217. The lowest BCUT2D eigenvalue weighted by Gasteiger charge is -2.29. The molecule has 0 radical (unpaired) electrons. The summed E-state index contributed by atoms with van der Waals surface area (Å²) in [6.45, 7) is 3.55. The van der Waals surface area contributed by atoms with E-state index in [1.165, 1.54) is 11.3 Å². The van der Waals surface area contributed by atoms with Crippen molar-refractivity contribution in [3.63, 3.8) is 0 Å². The number of urea groups is 1. The van der Waals surface area contributed by atoms with Crippen LogP contribution < -0.4 is 5.43 Å². The first-order valence-corrected chi connectivity index (χ1v) is 6.00. The van der Waals surface area contributed by atoms with Gasteiger partial charge in [-0.1, -0.05) is 13.3 Å². The maximum Gasteiger partial charge on any atom is 0.331 e. The van der Waals surface area contributed by atoms with Crippen molar-refractivity contribution in [2.24, 2.45) is 5.92 Å². The van der Waals surface area contributed by atoms with Gasteiger partial charge in [-0.3, -0.25) is 10.2 Å². The summed E-state index contributed by atoms with van der Waals surface area (Å²) in [7, 11) is 1.61. The van der Waals surface area contributed by atoms with Gasteiger partial charge in [0.05, 0.1) is 5.92 Å². The number of nitrogens with one attached hydrogen (secondary N) is 1. The molecule has 2 amide bonds. The first-order chi connectivity index (χ1) is 8.00. The summed E-state index contributed by atoms with van der Waals surface area (Å²) in [5.74, 6) is -1.44. The Labute approximate surface area is 102 Å². The van der Waals surface area contributed by atoms with Crippen molar-refractivity contribution in [2.45, 2.75) is 26.2 Å². The van der Waals surface area contributed by atoms with Crippen LogP contribution in [0, 0.1) is 5.92 Å². The molecule has 1 aliphatic rings. The molecule has 0 aromatic carbocycles. The summed E-state index contributed by atoms with van der Waals surface area (Å²) in [4.78, 5) is 23.8. The third-order valence-corrected chi connectivity index (χ3v) is 2.93. The monoisotopic (exact) mass is 243 g/mol. The summed E-state index contributed by atoms with van der Waals surface area (Å²) >= 11 is 0. The number of hydrazine groups is 1. The van der Waals surface area contributed by atoms with Crippen molar-refractivity contribution in [2.75, 3.05) is 26.7 Å². The lowest BCUT2D eigenvalue weighted by atomic mass is 10.2. The molecule has 0 aliphatic carbocycles. The van der Waals surface area contributed by atoms with Gasteiger partial charge < -0.3 is 10.0 Å². The highest BCUT2D eigenvalue weighted by molar-refractivity contribution is 5.75. The zero-order valence-electron chi connectivity index (χ0n) is 10.5. The average molecular weight is 243 g/mol. The second-order valence-electron chi connectivity index (χ2n) is 4.58. The molecule has 98 valence electrons. The predicted molar refractivity (Wildman–Crippen MR) is 63.4 cm³/mol. The molecule has 0 bridgehead atoms. The van der Waals surface area contributed by atoms with E-state index in [4.69, 9.17) is 5.11 Å². The maximum atomic E-state index is 11.7. The topological polar surface area (TPSA) is 72.9 Å². The molecule has 6 nitrogen and oxygen atoms in total. The highest BCUT2D eigenvalue weighted by atomic mass is 16.4. The van der Waals surface area contributed by atoms with Crippen LogP contribution in [-0.4, -0.2) is 53.7 Å². The van der Waals surface area contributed by atoms with Gasteiger partial charge in [0.15, 0.2) is 0 Å². The van der Waals surface area contributed by atoms with E-state index < -0.39 is 11.9 Å². The number of amides is 2. The molecule has 0 spiro atoms. The van der Waals surface area contributed by atoms with Gasteiger partial charge in [0.2, 0.25) is 0 Å². The van der Waals surface area contributed by atoms with Crippen LogP contribution in [0.5, 0.6) is 0 Å². The van der Waals surface area contributed by atoms with E-state index in [9.17, 15) is 9.59 Å². The van der Waals surface area contributed by atoms with E-state index in [1.54, 1.807) is 14.0 Å². The van der Waals surface area contributed by atoms with Crippen molar-refractivity contribution in [1.29, 1.82) is 0 Å². The van der Waals surface area contributed by atoms with Crippen molar-refractivity contribution in [3.8, 4) is 0 Å². The summed E-state index contributed by atoms with van der Waals surface area (Å²) in [6, 6.07) is -0.236. The minimum atomic E-state index is -0.886. The summed E-state index contributed by atoms with van der Waals surface area (Å²) in [5.41, 5.74) is 2.79. The molecule has 0 saturated carbocycles. The molecule has 6 heteroatoms. The number of carbonyl (C=O) groups is 2. The van der Waals surface area contributed by atoms with E-state index in [0.29, 0.717) is 0 Å². The summed E-state index contributed by atoms with van der Waals surface area (Å²) < 4.78 is 0. The Hall–Kier alpha value is -1.30. The standard InChI is InChI=1S/C11H21N3O3/c1-9(10(15)16)8-13(2)11(17)12-14-6-4-3-5-7-14/h9H,3-8H2,1-2H3,(H,12,17)(H,15,16). The third-order valence-electron chi connectivity index (χ3n) is 2.93. The van der Waals surface area contributed by atoms with E-state index in [-0.39, 0.29) is 12.6 Å². The van der Waals surface area contributed by atoms with E-state index in [1.807, 2.05) is 5.01 Å². The molecule has 1 unspecified atom stereocenters. The average Bonchev–Trinajstić information content (AvgIpc) is 2.29.